The third kappa shape index (κ3) is 3.54. The van der Waals surface area contributed by atoms with Crippen LogP contribution in [-0.2, 0) is 6.42 Å². The molecule has 0 saturated carbocycles. The van der Waals surface area contributed by atoms with Crippen molar-refractivity contribution in [2.24, 2.45) is 0 Å². The summed E-state index contributed by atoms with van der Waals surface area (Å²) in [6, 6.07) is 20.9. The minimum absolute atomic E-state index is 0.759. The smallest absolute Gasteiger partial charge is 0.160 e. The molecular weight excluding hydrogens is 284 g/mol. The monoisotopic (exact) mass is 304 g/mol. The van der Waals surface area contributed by atoms with Crippen molar-refractivity contribution in [2.75, 3.05) is 14.2 Å². The molecule has 2 nitrogen and oxygen atoms in total. The maximum absolute atomic E-state index is 5.34. The first-order valence-corrected chi connectivity index (χ1v) is 7.66. The third-order valence-electron chi connectivity index (χ3n) is 3.89. The fraction of sp³-hybridized carbons (Fsp3) is 0.143. The Labute approximate surface area is 137 Å². The second kappa shape index (κ2) is 7.01. The van der Waals surface area contributed by atoms with E-state index in [0.29, 0.717) is 0 Å². The Morgan fingerprint density at radius 1 is 0.783 bits per heavy atom. The van der Waals surface area contributed by atoms with Crippen LogP contribution in [-0.4, -0.2) is 14.2 Å². The zero-order valence-corrected chi connectivity index (χ0v) is 13.5. The normalized spacial score (nSPS) is 11.0. The first-order valence-electron chi connectivity index (χ1n) is 7.66. The molecule has 0 aliphatic carbocycles. The Balaban J connectivity index is 1.75. The van der Waals surface area contributed by atoms with Crippen LogP contribution in [0.1, 0.15) is 11.1 Å². The van der Waals surface area contributed by atoms with Crippen LogP contribution in [0.5, 0.6) is 11.5 Å². The summed E-state index contributed by atoms with van der Waals surface area (Å²) in [4.78, 5) is 0. The number of hydrogen-bond donors (Lipinski definition) is 0. The van der Waals surface area contributed by atoms with E-state index in [4.69, 9.17) is 9.47 Å². The first-order chi connectivity index (χ1) is 11.3. The predicted octanol–water partition coefficient (Wildman–Crippen LogP) is 5.11. The lowest BCUT2D eigenvalue weighted by Gasteiger charge is -2.08. The Morgan fingerprint density at radius 2 is 1.57 bits per heavy atom. The van der Waals surface area contributed by atoms with E-state index in [0.717, 1.165) is 17.9 Å². The highest BCUT2D eigenvalue weighted by Crippen LogP contribution is 2.27. The van der Waals surface area contributed by atoms with Crippen LogP contribution >= 0.6 is 0 Å². The maximum Gasteiger partial charge on any atom is 0.160 e. The molecule has 0 amide bonds. The average molecular weight is 304 g/mol. The van der Waals surface area contributed by atoms with Crippen molar-refractivity contribution in [1.82, 2.24) is 0 Å². The number of rotatable bonds is 5. The van der Waals surface area contributed by atoms with Gasteiger partial charge in [0.25, 0.3) is 0 Å². The van der Waals surface area contributed by atoms with Crippen LogP contribution < -0.4 is 9.47 Å². The van der Waals surface area contributed by atoms with Gasteiger partial charge >= 0.3 is 0 Å². The van der Waals surface area contributed by atoms with Gasteiger partial charge in [-0.3, -0.25) is 0 Å². The van der Waals surface area contributed by atoms with Crippen molar-refractivity contribution in [2.45, 2.75) is 6.42 Å². The lowest BCUT2D eigenvalue weighted by atomic mass is 10.1. The number of hydrogen-bond acceptors (Lipinski definition) is 2. The van der Waals surface area contributed by atoms with E-state index in [1.807, 2.05) is 12.1 Å². The minimum Gasteiger partial charge on any atom is -0.493 e. The molecule has 0 spiro atoms. The summed E-state index contributed by atoms with van der Waals surface area (Å²) < 4.78 is 10.6. The fourth-order valence-electron chi connectivity index (χ4n) is 2.65. The summed E-state index contributed by atoms with van der Waals surface area (Å²) in [6.07, 6.45) is 5.18. The molecular formula is C21H20O2. The highest BCUT2D eigenvalue weighted by atomic mass is 16.5. The predicted molar refractivity (Wildman–Crippen MR) is 96.2 cm³/mol. The van der Waals surface area contributed by atoms with Gasteiger partial charge in [-0.25, -0.2) is 0 Å². The van der Waals surface area contributed by atoms with E-state index in [2.05, 4.69) is 60.7 Å². The number of ether oxygens (including phenoxy) is 2. The third-order valence-corrected chi connectivity index (χ3v) is 3.89. The Morgan fingerprint density at radius 3 is 2.35 bits per heavy atom. The highest BCUT2D eigenvalue weighted by molar-refractivity contribution is 5.84. The summed E-state index contributed by atoms with van der Waals surface area (Å²) in [5.41, 5.74) is 2.41. The molecule has 0 heterocycles. The first kappa shape index (κ1) is 15.2. The van der Waals surface area contributed by atoms with Crippen molar-refractivity contribution >= 4 is 16.8 Å². The van der Waals surface area contributed by atoms with Gasteiger partial charge in [-0.15, -0.1) is 0 Å². The molecule has 0 saturated heterocycles. The zero-order chi connectivity index (χ0) is 16.1. The standard InChI is InChI=1S/C21H20O2/c1-22-20-13-11-17(15-21(20)23-2)7-5-6-16-10-12-18-8-3-4-9-19(18)14-16/h3-6,8-15H,7H2,1-2H3. The Hall–Kier alpha value is -2.74. The SMILES string of the molecule is COc1ccc(CC=Cc2ccc3ccccc3c2)cc1OC. The van der Waals surface area contributed by atoms with Gasteiger partial charge in [-0.05, 0) is 46.5 Å². The summed E-state index contributed by atoms with van der Waals surface area (Å²) >= 11 is 0. The van der Waals surface area contributed by atoms with E-state index < -0.39 is 0 Å². The molecule has 0 aliphatic heterocycles. The summed E-state index contributed by atoms with van der Waals surface area (Å²) in [5, 5.41) is 2.53. The van der Waals surface area contributed by atoms with E-state index in [1.54, 1.807) is 14.2 Å². The summed E-state index contributed by atoms with van der Waals surface area (Å²) in [7, 11) is 3.31. The second-order valence-electron chi connectivity index (χ2n) is 5.40. The van der Waals surface area contributed by atoms with Gasteiger partial charge in [0.05, 0.1) is 14.2 Å². The maximum atomic E-state index is 5.34. The Bertz CT molecular complexity index is 834. The number of methoxy groups -OCH3 is 2. The van der Waals surface area contributed by atoms with E-state index in [-0.39, 0.29) is 0 Å². The molecule has 0 N–H and O–H groups in total. The topological polar surface area (TPSA) is 18.5 Å². The molecule has 0 fully saturated rings. The number of allylic oxidation sites excluding steroid dienone is 1. The van der Waals surface area contributed by atoms with Crippen molar-refractivity contribution in [1.29, 1.82) is 0 Å². The lowest BCUT2D eigenvalue weighted by Crippen LogP contribution is -1.92. The quantitative estimate of drug-likeness (QED) is 0.652. The van der Waals surface area contributed by atoms with Crippen molar-refractivity contribution in [3.8, 4) is 11.5 Å². The van der Waals surface area contributed by atoms with Gasteiger partial charge in [0, 0.05) is 0 Å². The van der Waals surface area contributed by atoms with Gasteiger partial charge in [0.1, 0.15) is 0 Å². The zero-order valence-electron chi connectivity index (χ0n) is 13.5. The van der Waals surface area contributed by atoms with E-state index in [9.17, 15) is 0 Å². The fourth-order valence-corrected chi connectivity index (χ4v) is 2.65. The van der Waals surface area contributed by atoms with E-state index in [1.165, 1.54) is 21.9 Å². The average Bonchev–Trinajstić information content (AvgIpc) is 2.61. The largest absolute Gasteiger partial charge is 0.493 e. The van der Waals surface area contributed by atoms with E-state index >= 15 is 0 Å². The van der Waals surface area contributed by atoms with Crippen molar-refractivity contribution in [3.63, 3.8) is 0 Å². The molecule has 3 aromatic carbocycles. The van der Waals surface area contributed by atoms with Crippen molar-refractivity contribution in [3.05, 3.63) is 77.9 Å². The van der Waals surface area contributed by atoms with Gasteiger partial charge in [0.15, 0.2) is 11.5 Å². The summed E-state index contributed by atoms with van der Waals surface area (Å²) in [6.45, 7) is 0. The molecule has 3 rings (SSSR count). The van der Waals surface area contributed by atoms with Crippen LogP contribution in [0, 0.1) is 0 Å². The molecule has 2 heteroatoms. The van der Waals surface area contributed by atoms with Crippen LogP contribution in [0.3, 0.4) is 0 Å². The molecule has 0 aromatic heterocycles. The van der Waals surface area contributed by atoms with Crippen LogP contribution in [0.2, 0.25) is 0 Å². The molecule has 0 aliphatic rings. The molecule has 0 unspecified atom stereocenters. The van der Waals surface area contributed by atoms with Gasteiger partial charge in [0.2, 0.25) is 0 Å². The van der Waals surface area contributed by atoms with Gasteiger partial charge in [-0.2, -0.15) is 0 Å². The molecule has 0 atom stereocenters. The highest BCUT2D eigenvalue weighted by Gasteiger charge is 2.03. The lowest BCUT2D eigenvalue weighted by molar-refractivity contribution is 0.354. The molecule has 3 aromatic rings. The minimum atomic E-state index is 0.759. The Kier molecular flexibility index (Phi) is 4.62. The van der Waals surface area contributed by atoms with Gasteiger partial charge < -0.3 is 9.47 Å². The molecule has 0 radical (unpaired) electrons. The summed E-state index contributed by atoms with van der Waals surface area (Å²) in [5.74, 6) is 1.53. The molecule has 116 valence electrons. The van der Waals surface area contributed by atoms with Crippen LogP contribution in [0.4, 0.5) is 0 Å². The second-order valence-corrected chi connectivity index (χ2v) is 5.40. The van der Waals surface area contributed by atoms with Crippen LogP contribution in [0.25, 0.3) is 16.8 Å². The van der Waals surface area contributed by atoms with Crippen LogP contribution in [0.15, 0.2) is 66.7 Å². The number of fused-ring (bicyclic) bond motifs is 1. The van der Waals surface area contributed by atoms with Crippen molar-refractivity contribution < 1.29 is 9.47 Å². The molecule has 23 heavy (non-hydrogen) atoms. The van der Waals surface area contributed by atoms with Gasteiger partial charge in [-0.1, -0.05) is 54.6 Å². The molecule has 0 bridgehead atoms. The number of benzene rings is 3.